The molecule has 0 fully saturated rings. The number of hydrogen-bond acceptors (Lipinski definition) is 1. The van der Waals surface area contributed by atoms with Gasteiger partial charge in [0.2, 0.25) is 0 Å². The van der Waals surface area contributed by atoms with Crippen LogP contribution in [-0.2, 0) is 4.57 Å². The van der Waals surface area contributed by atoms with E-state index in [0.29, 0.717) is 0 Å². The Morgan fingerprint density at radius 2 is 0.796 bits per heavy atom. The third-order valence-corrected chi connectivity index (χ3v) is 13.1. The van der Waals surface area contributed by atoms with Crippen molar-refractivity contribution < 1.29 is 4.57 Å². The van der Waals surface area contributed by atoms with Crippen molar-refractivity contribution in [1.82, 2.24) is 0 Å². The summed E-state index contributed by atoms with van der Waals surface area (Å²) in [5, 5.41) is 17.2. The molecule has 0 saturated carbocycles. The Labute approximate surface area is 284 Å². The van der Waals surface area contributed by atoms with Crippen LogP contribution in [0.1, 0.15) is 0 Å². The Balaban J connectivity index is 1.19. The fourth-order valence-corrected chi connectivity index (χ4v) is 9.91. The van der Waals surface area contributed by atoms with E-state index in [0.717, 1.165) is 21.7 Å². The van der Waals surface area contributed by atoms with Gasteiger partial charge >= 0.3 is 0 Å². The fraction of sp³-hybridized carbons (Fsp3) is 0.0213. The van der Waals surface area contributed by atoms with Crippen LogP contribution in [0.3, 0.4) is 0 Å². The van der Waals surface area contributed by atoms with Crippen molar-refractivity contribution in [2.45, 2.75) is 0 Å². The van der Waals surface area contributed by atoms with Gasteiger partial charge in [-0.1, -0.05) is 152 Å². The van der Waals surface area contributed by atoms with Crippen LogP contribution >= 0.6 is 7.14 Å². The van der Waals surface area contributed by atoms with Crippen molar-refractivity contribution in [2.75, 3.05) is 6.66 Å². The van der Waals surface area contributed by atoms with E-state index in [1.54, 1.807) is 0 Å². The highest BCUT2D eigenvalue weighted by atomic mass is 31.2. The molecule has 0 N–H and O–H groups in total. The normalized spacial score (nSPS) is 13.2. The van der Waals surface area contributed by atoms with Gasteiger partial charge in [0.05, 0.1) is 0 Å². The highest BCUT2D eigenvalue weighted by Crippen LogP contribution is 2.45. The number of hydrogen-bond donors (Lipinski definition) is 0. The number of benzene rings is 9. The summed E-state index contributed by atoms with van der Waals surface area (Å²) in [7, 11) is -2.71. The predicted molar refractivity (Wildman–Crippen MR) is 213 cm³/mol. The quantitative estimate of drug-likeness (QED) is 0.138. The Hall–Kier alpha value is -5.75. The Bertz CT molecular complexity index is 2950. The van der Waals surface area contributed by atoms with Crippen molar-refractivity contribution in [3.63, 3.8) is 0 Å². The molecule has 49 heavy (non-hydrogen) atoms. The summed E-state index contributed by atoms with van der Waals surface area (Å²) in [5.74, 6) is 0. The second-order valence-electron chi connectivity index (χ2n) is 13.4. The molecule has 0 aliphatic heterocycles. The molecule has 0 aromatic heterocycles. The topological polar surface area (TPSA) is 17.1 Å². The van der Waals surface area contributed by atoms with Crippen LogP contribution in [0, 0.1) is 0 Å². The molecule has 0 spiro atoms. The first-order valence-electron chi connectivity index (χ1n) is 16.8. The summed E-state index contributed by atoms with van der Waals surface area (Å²) in [4.78, 5) is 0. The fourth-order valence-electron chi connectivity index (χ4n) is 8.12. The highest BCUT2D eigenvalue weighted by Gasteiger charge is 2.21. The van der Waals surface area contributed by atoms with Gasteiger partial charge in [-0.15, -0.1) is 0 Å². The van der Waals surface area contributed by atoms with E-state index in [4.69, 9.17) is 0 Å². The molecule has 0 aliphatic carbocycles. The molecule has 1 unspecified atom stereocenters. The first-order chi connectivity index (χ1) is 24.0. The molecule has 0 bridgehead atoms. The van der Waals surface area contributed by atoms with Crippen LogP contribution in [0.4, 0.5) is 0 Å². The van der Waals surface area contributed by atoms with E-state index in [9.17, 15) is 4.57 Å². The average Bonchev–Trinajstić information content (AvgIpc) is 3.16. The van der Waals surface area contributed by atoms with Crippen LogP contribution in [0.25, 0.3) is 86.9 Å². The van der Waals surface area contributed by atoms with Gasteiger partial charge in [0.25, 0.3) is 0 Å². The van der Waals surface area contributed by atoms with Crippen LogP contribution in [0.15, 0.2) is 170 Å². The molecule has 10 rings (SSSR count). The van der Waals surface area contributed by atoms with Crippen LogP contribution in [-0.4, -0.2) is 6.66 Å². The van der Waals surface area contributed by atoms with Crippen molar-refractivity contribution in [1.29, 1.82) is 0 Å². The van der Waals surface area contributed by atoms with E-state index in [2.05, 4.69) is 127 Å². The van der Waals surface area contributed by atoms with E-state index in [1.807, 2.05) is 49.1 Å². The zero-order valence-corrected chi connectivity index (χ0v) is 27.9. The van der Waals surface area contributed by atoms with Gasteiger partial charge in [0.1, 0.15) is 7.14 Å². The van der Waals surface area contributed by atoms with Gasteiger partial charge < -0.3 is 4.57 Å². The molecule has 2 heteroatoms. The largest absolute Gasteiger partial charge is 0.314 e. The molecule has 10 aromatic carbocycles. The third kappa shape index (κ3) is 4.29. The molecule has 230 valence electrons. The molecule has 0 saturated heterocycles. The molecule has 1 nitrogen and oxygen atoms in total. The lowest BCUT2D eigenvalue weighted by Gasteiger charge is -2.17. The van der Waals surface area contributed by atoms with Crippen LogP contribution < -0.4 is 10.6 Å². The summed E-state index contributed by atoms with van der Waals surface area (Å²) in [5.41, 5.74) is 4.54. The second kappa shape index (κ2) is 10.6. The van der Waals surface area contributed by atoms with E-state index in [-0.39, 0.29) is 0 Å². The molecule has 0 radical (unpaired) electrons. The monoisotopic (exact) mass is 642 g/mol. The number of fused-ring (bicyclic) bond motifs is 2. The summed E-state index contributed by atoms with van der Waals surface area (Å²) >= 11 is 0. The lowest BCUT2D eigenvalue weighted by atomic mass is 9.86. The first kappa shape index (κ1) is 28.3. The maximum absolute atomic E-state index is 13.9. The molecule has 0 heterocycles. The average molecular weight is 643 g/mol. The minimum Gasteiger partial charge on any atom is -0.314 e. The molecule has 0 aliphatic rings. The third-order valence-electron chi connectivity index (χ3n) is 10.6. The lowest BCUT2D eigenvalue weighted by molar-refractivity contribution is 0.590. The lowest BCUT2D eigenvalue weighted by Crippen LogP contribution is -2.14. The van der Waals surface area contributed by atoms with Gasteiger partial charge in [-0.2, -0.15) is 0 Å². The molecule has 1 atom stereocenters. The Morgan fingerprint density at radius 1 is 0.327 bits per heavy atom. The van der Waals surface area contributed by atoms with Crippen molar-refractivity contribution >= 4 is 82.4 Å². The zero-order valence-electron chi connectivity index (χ0n) is 27.0. The predicted octanol–water partition coefficient (Wildman–Crippen LogP) is 12.3. The van der Waals surface area contributed by atoms with Gasteiger partial charge in [-0.25, -0.2) is 0 Å². The smallest absolute Gasteiger partial charge is 0.140 e. The zero-order chi connectivity index (χ0) is 32.7. The van der Waals surface area contributed by atoms with Gasteiger partial charge in [0.15, 0.2) is 0 Å². The minimum absolute atomic E-state index is 0.873. The standard InChI is InChI=1S/C47H31OP/c1-49(48,38-13-3-2-4-14-38)39-15-5-12-35(28-39)30-19-21-31(22-20-30)37-27-36-26-25-34-10-7-17-41-40-16-6-9-32-23-24-33-11-8-18-42(46(33)44(32)40)43(29-37)47(36)45(34)41/h2-29H,1H3. The van der Waals surface area contributed by atoms with E-state index >= 15 is 0 Å². The molecular formula is C47H31OP. The molecular weight excluding hydrogens is 611 g/mol. The summed E-state index contributed by atoms with van der Waals surface area (Å²) in [6.07, 6.45) is 0. The minimum atomic E-state index is -2.71. The van der Waals surface area contributed by atoms with Crippen molar-refractivity contribution in [2.24, 2.45) is 0 Å². The Kier molecular flexibility index (Phi) is 6.13. The van der Waals surface area contributed by atoms with Crippen LogP contribution in [0.2, 0.25) is 0 Å². The SMILES string of the molecule is CP(=O)(c1ccccc1)c1cccc(-c2ccc(-c3cc4ccc5cccc6c7cccc8ccc9cccc(c(c3)c4c56)c9c87)cc2)c1. The van der Waals surface area contributed by atoms with E-state index in [1.165, 1.54) is 75.8 Å². The highest BCUT2D eigenvalue weighted by molar-refractivity contribution is 7.78. The van der Waals surface area contributed by atoms with Crippen LogP contribution in [0.5, 0.6) is 0 Å². The van der Waals surface area contributed by atoms with Gasteiger partial charge in [-0.3, -0.25) is 0 Å². The summed E-state index contributed by atoms with van der Waals surface area (Å²) in [6.45, 7) is 1.87. The summed E-state index contributed by atoms with van der Waals surface area (Å²) < 4.78 is 13.9. The van der Waals surface area contributed by atoms with Crippen molar-refractivity contribution in [3.8, 4) is 22.3 Å². The van der Waals surface area contributed by atoms with E-state index < -0.39 is 7.14 Å². The van der Waals surface area contributed by atoms with Gasteiger partial charge in [0, 0.05) is 10.6 Å². The second-order valence-corrected chi connectivity index (χ2v) is 16.2. The maximum Gasteiger partial charge on any atom is 0.140 e. The van der Waals surface area contributed by atoms with Crippen molar-refractivity contribution in [3.05, 3.63) is 170 Å². The summed E-state index contributed by atoms with van der Waals surface area (Å²) in [6, 6.07) is 61.0. The first-order valence-corrected chi connectivity index (χ1v) is 19.0. The van der Waals surface area contributed by atoms with Gasteiger partial charge in [-0.05, 0) is 112 Å². The Morgan fingerprint density at radius 3 is 1.39 bits per heavy atom. The molecule has 10 aromatic rings. The molecule has 0 amide bonds. The maximum atomic E-state index is 13.9. The number of rotatable bonds is 4.